The fraction of sp³-hybridized carbons (Fsp3) is 0.105. The summed E-state index contributed by atoms with van der Waals surface area (Å²) in [6.45, 7) is 1.57. The predicted molar refractivity (Wildman–Crippen MR) is 101 cm³/mol. The molecule has 0 aliphatic rings. The summed E-state index contributed by atoms with van der Waals surface area (Å²) < 4.78 is 45.1. The first-order valence-electron chi connectivity index (χ1n) is 8.30. The van der Waals surface area contributed by atoms with Crippen molar-refractivity contribution in [1.29, 1.82) is 0 Å². The SMILES string of the molecule is Cc1nc2sccc2c(=O)n1NC(=O)c1ccc(-c2cccc(C(F)(F)F)c2)o1. The Bertz CT molecular complexity index is 1290. The number of hydrogen-bond acceptors (Lipinski definition) is 5. The fourth-order valence-electron chi connectivity index (χ4n) is 2.77. The van der Waals surface area contributed by atoms with Crippen molar-refractivity contribution in [3.63, 3.8) is 0 Å². The van der Waals surface area contributed by atoms with Crippen molar-refractivity contribution < 1.29 is 22.4 Å². The first kappa shape index (κ1) is 18.9. The molecule has 0 spiro atoms. The molecule has 0 aliphatic heterocycles. The van der Waals surface area contributed by atoms with E-state index in [0.29, 0.717) is 10.2 Å². The van der Waals surface area contributed by atoms with E-state index in [4.69, 9.17) is 4.42 Å². The van der Waals surface area contributed by atoms with E-state index in [0.717, 1.165) is 16.8 Å². The first-order valence-corrected chi connectivity index (χ1v) is 9.18. The highest BCUT2D eigenvalue weighted by Crippen LogP contribution is 2.32. The molecule has 0 saturated carbocycles. The van der Waals surface area contributed by atoms with Crippen LogP contribution in [0.15, 0.2) is 57.1 Å². The largest absolute Gasteiger partial charge is 0.451 e. The zero-order valence-corrected chi connectivity index (χ0v) is 15.6. The molecule has 0 unspecified atom stereocenters. The van der Waals surface area contributed by atoms with Gasteiger partial charge in [-0.15, -0.1) is 11.3 Å². The van der Waals surface area contributed by atoms with Gasteiger partial charge in [-0.25, -0.2) is 9.66 Å². The van der Waals surface area contributed by atoms with Gasteiger partial charge >= 0.3 is 12.1 Å². The number of hydrogen-bond donors (Lipinski definition) is 1. The average molecular weight is 419 g/mol. The van der Waals surface area contributed by atoms with Crippen LogP contribution in [0.4, 0.5) is 13.2 Å². The summed E-state index contributed by atoms with van der Waals surface area (Å²) in [5, 5.41) is 2.09. The molecular weight excluding hydrogens is 407 g/mol. The van der Waals surface area contributed by atoms with Gasteiger partial charge in [0.05, 0.1) is 10.9 Å². The second-order valence-corrected chi connectivity index (χ2v) is 7.02. The van der Waals surface area contributed by atoms with Crippen molar-refractivity contribution in [2.45, 2.75) is 13.1 Å². The third-order valence-corrected chi connectivity index (χ3v) is 4.99. The molecule has 1 amide bonds. The van der Waals surface area contributed by atoms with E-state index in [1.807, 2.05) is 0 Å². The Morgan fingerprint density at radius 3 is 2.76 bits per heavy atom. The second-order valence-electron chi connectivity index (χ2n) is 6.12. The van der Waals surface area contributed by atoms with E-state index < -0.39 is 23.2 Å². The Morgan fingerprint density at radius 2 is 2.00 bits per heavy atom. The van der Waals surface area contributed by atoms with Crippen LogP contribution < -0.4 is 11.0 Å². The third-order valence-electron chi connectivity index (χ3n) is 4.18. The number of alkyl halides is 3. The van der Waals surface area contributed by atoms with Crippen LogP contribution in [0.25, 0.3) is 21.5 Å². The molecule has 3 aromatic heterocycles. The lowest BCUT2D eigenvalue weighted by Crippen LogP contribution is -2.35. The maximum absolute atomic E-state index is 12.9. The molecule has 3 heterocycles. The second kappa shape index (κ2) is 6.89. The first-order chi connectivity index (χ1) is 13.7. The number of furan rings is 1. The van der Waals surface area contributed by atoms with Crippen LogP contribution in [0.3, 0.4) is 0 Å². The number of amides is 1. The van der Waals surface area contributed by atoms with Crippen LogP contribution >= 0.6 is 11.3 Å². The maximum atomic E-state index is 12.9. The Kier molecular flexibility index (Phi) is 4.50. The minimum atomic E-state index is -4.49. The number of nitrogens with one attached hydrogen (secondary N) is 1. The number of thiophene rings is 1. The van der Waals surface area contributed by atoms with Crippen molar-refractivity contribution >= 4 is 27.5 Å². The van der Waals surface area contributed by atoms with E-state index in [-0.39, 0.29) is 22.9 Å². The van der Waals surface area contributed by atoms with Crippen molar-refractivity contribution in [1.82, 2.24) is 9.66 Å². The smallest absolute Gasteiger partial charge is 0.416 e. The molecule has 0 aliphatic carbocycles. The van der Waals surface area contributed by atoms with Crippen LogP contribution in [-0.4, -0.2) is 15.6 Å². The highest BCUT2D eigenvalue weighted by molar-refractivity contribution is 7.16. The Labute approximate surface area is 165 Å². The molecule has 4 aromatic rings. The van der Waals surface area contributed by atoms with Crippen molar-refractivity contribution in [2.75, 3.05) is 5.43 Å². The fourth-order valence-corrected chi connectivity index (χ4v) is 3.57. The number of carbonyl (C=O) groups excluding carboxylic acids is 1. The summed E-state index contributed by atoms with van der Waals surface area (Å²) in [5.74, 6) is -0.515. The van der Waals surface area contributed by atoms with Gasteiger partial charge in [-0.3, -0.25) is 15.0 Å². The normalized spacial score (nSPS) is 11.7. The molecule has 6 nitrogen and oxygen atoms in total. The monoisotopic (exact) mass is 419 g/mol. The molecule has 0 saturated heterocycles. The van der Waals surface area contributed by atoms with Crippen molar-refractivity contribution in [3.05, 3.63) is 75.3 Å². The van der Waals surface area contributed by atoms with Crippen LogP contribution in [0, 0.1) is 6.92 Å². The summed E-state index contributed by atoms with van der Waals surface area (Å²) in [5.41, 5.74) is 1.32. The van der Waals surface area contributed by atoms with Gasteiger partial charge in [0.25, 0.3) is 5.56 Å². The lowest BCUT2D eigenvalue weighted by molar-refractivity contribution is -0.137. The molecule has 148 valence electrons. The minimum Gasteiger partial charge on any atom is -0.451 e. The maximum Gasteiger partial charge on any atom is 0.416 e. The Morgan fingerprint density at radius 1 is 1.21 bits per heavy atom. The summed E-state index contributed by atoms with van der Waals surface area (Å²) >= 11 is 1.31. The summed E-state index contributed by atoms with van der Waals surface area (Å²) in [6.07, 6.45) is -4.49. The van der Waals surface area contributed by atoms with Crippen LogP contribution in [0.1, 0.15) is 21.9 Å². The molecule has 4 rings (SSSR count). The van der Waals surface area contributed by atoms with E-state index in [1.165, 1.54) is 35.6 Å². The molecule has 10 heteroatoms. The van der Waals surface area contributed by atoms with Crippen LogP contribution in [0.5, 0.6) is 0 Å². The molecule has 1 aromatic carbocycles. The van der Waals surface area contributed by atoms with Gasteiger partial charge in [0.1, 0.15) is 16.4 Å². The molecule has 0 bridgehead atoms. The number of aryl methyl sites for hydroxylation is 1. The highest BCUT2D eigenvalue weighted by atomic mass is 32.1. The van der Waals surface area contributed by atoms with Crippen molar-refractivity contribution in [3.8, 4) is 11.3 Å². The molecule has 1 N–H and O–H groups in total. The van der Waals surface area contributed by atoms with Gasteiger partial charge in [0.15, 0.2) is 5.76 Å². The number of fused-ring (bicyclic) bond motifs is 1. The lowest BCUT2D eigenvalue weighted by atomic mass is 10.1. The number of benzene rings is 1. The molecular formula is C19H12F3N3O3S. The lowest BCUT2D eigenvalue weighted by Gasteiger charge is -2.09. The molecule has 29 heavy (non-hydrogen) atoms. The van der Waals surface area contributed by atoms with Gasteiger partial charge in [-0.1, -0.05) is 12.1 Å². The number of aromatic nitrogens is 2. The standard InChI is InChI=1S/C19H12F3N3O3S/c1-10-23-17-13(7-8-29-17)18(27)25(10)24-16(26)15-6-5-14(28-15)11-3-2-4-12(9-11)19(20,21)22/h2-9H,1H3,(H,24,26). The summed E-state index contributed by atoms with van der Waals surface area (Å²) in [6, 6.07) is 8.90. The molecule has 0 atom stereocenters. The topological polar surface area (TPSA) is 77.1 Å². The average Bonchev–Trinajstić information content (AvgIpc) is 3.34. The Hall–Kier alpha value is -3.40. The van der Waals surface area contributed by atoms with Crippen LogP contribution in [-0.2, 0) is 6.18 Å². The van der Waals surface area contributed by atoms with E-state index >= 15 is 0 Å². The molecule has 0 radical (unpaired) electrons. The van der Waals surface area contributed by atoms with Gasteiger partial charge in [0.2, 0.25) is 0 Å². The Balaban J connectivity index is 1.62. The predicted octanol–water partition coefficient (Wildman–Crippen LogP) is 4.43. The summed E-state index contributed by atoms with van der Waals surface area (Å²) in [4.78, 5) is 29.8. The number of nitrogens with zero attached hydrogens (tertiary/aromatic N) is 2. The summed E-state index contributed by atoms with van der Waals surface area (Å²) in [7, 11) is 0. The van der Waals surface area contributed by atoms with Crippen molar-refractivity contribution in [2.24, 2.45) is 0 Å². The van der Waals surface area contributed by atoms with Gasteiger partial charge in [0, 0.05) is 5.56 Å². The van der Waals surface area contributed by atoms with Crippen LogP contribution in [0.2, 0.25) is 0 Å². The quantitative estimate of drug-likeness (QED) is 0.533. The zero-order chi connectivity index (χ0) is 20.8. The zero-order valence-electron chi connectivity index (χ0n) is 14.8. The highest BCUT2D eigenvalue weighted by Gasteiger charge is 2.30. The van der Waals surface area contributed by atoms with Gasteiger partial charge < -0.3 is 4.42 Å². The number of rotatable bonds is 3. The third kappa shape index (κ3) is 3.54. The van der Waals surface area contributed by atoms with Gasteiger partial charge in [-0.05, 0) is 42.6 Å². The van der Waals surface area contributed by atoms with Gasteiger partial charge in [-0.2, -0.15) is 13.2 Å². The number of halogens is 3. The molecule has 0 fully saturated rings. The minimum absolute atomic E-state index is 0.0942. The van der Waals surface area contributed by atoms with E-state index in [1.54, 1.807) is 18.4 Å². The number of carbonyl (C=O) groups is 1. The van der Waals surface area contributed by atoms with E-state index in [9.17, 15) is 22.8 Å². The van der Waals surface area contributed by atoms with E-state index in [2.05, 4.69) is 10.4 Å².